The van der Waals surface area contributed by atoms with Gasteiger partial charge in [-0.3, -0.25) is 0 Å². The molecule has 0 rings (SSSR count). The second-order valence-corrected chi connectivity index (χ2v) is 2.80. The van der Waals surface area contributed by atoms with Crippen molar-refractivity contribution in [2.75, 3.05) is 13.7 Å². The fourth-order valence-corrected chi connectivity index (χ4v) is 0.853. The van der Waals surface area contributed by atoms with E-state index < -0.39 is 0 Å². The second-order valence-electron chi connectivity index (χ2n) is 2.80. The average molecular weight is 161 g/mol. The van der Waals surface area contributed by atoms with Crippen molar-refractivity contribution < 1.29 is 5.11 Å². The van der Waals surface area contributed by atoms with Crippen molar-refractivity contribution in [3.63, 3.8) is 0 Å². The highest BCUT2D eigenvalue weighted by molar-refractivity contribution is 4.63. The molecule has 0 aliphatic rings. The minimum atomic E-state index is 0.245. The number of hydrogen-bond donors (Lipinski definition) is 2. The van der Waals surface area contributed by atoms with Crippen LogP contribution in [0, 0.1) is 5.92 Å². The summed E-state index contributed by atoms with van der Waals surface area (Å²) in [5.41, 5.74) is 0. The molecule has 0 aliphatic heterocycles. The molecule has 0 aromatic rings. The second kappa shape index (κ2) is 9.92. The molecular formula is C9H23NO. The number of likely N-dealkylation sites (N-methyl/N-ethyl adjacent to an activating group) is 1. The van der Waals surface area contributed by atoms with Crippen molar-refractivity contribution in [3.05, 3.63) is 0 Å². The summed E-state index contributed by atoms with van der Waals surface area (Å²) >= 11 is 0. The van der Waals surface area contributed by atoms with Gasteiger partial charge >= 0.3 is 0 Å². The van der Waals surface area contributed by atoms with Gasteiger partial charge in [0.25, 0.3) is 0 Å². The zero-order valence-electron chi connectivity index (χ0n) is 8.52. The fourth-order valence-electron chi connectivity index (χ4n) is 0.853. The van der Waals surface area contributed by atoms with Gasteiger partial charge in [-0.15, -0.1) is 0 Å². The number of hydrogen-bond acceptors (Lipinski definition) is 2. The van der Waals surface area contributed by atoms with E-state index in [0.29, 0.717) is 5.92 Å². The molecule has 0 unspecified atom stereocenters. The van der Waals surface area contributed by atoms with Gasteiger partial charge in [0, 0.05) is 6.04 Å². The third-order valence-corrected chi connectivity index (χ3v) is 1.38. The van der Waals surface area contributed by atoms with Gasteiger partial charge in [0.15, 0.2) is 0 Å². The summed E-state index contributed by atoms with van der Waals surface area (Å²) < 4.78 is 0. The highest BCUT2D eigenvalue weighted by Gasteiger charge is 2.04. The van der Waals surface area contributed by atoms with Crippen LogP contribution in [0.25, 0.3) is 0 Å². The summed E-state index contributed by atoms with van der Waals surface area (Å²) in [5.74, 6) is 0.662. The largest absolute Gasteiger partial charge is 0.395 e. The Bertz CT molecular complexity index is 60.6. The number of nitrogens with one attached hydrogen (secondary N) is 1. The molecule has 0 aromatic carbocycles. The smallest absolute Gasteiger partial charge is 0.0584 e. The van der Waals surface area contributed by atoms with Crippen molar-refractivity contribution >= 4 is 0 Å². The molecular weight excluding hydrogens is 138 g/mol. The molecule has 2 heteroatoms. The van der Waals surface area contributed by atoms with Gasteiger partial charge in [-0.05, 0) is 19.4 Å². The zero-order valence-corrected chi connectivity index (χ0v) is 8.52. The standard InChI is InChI=1S/C7H17NO.C2H6/c1-6(2)4-7(5-9)8-3;1-2/h6-9H,4-5H2,1-3H3;1-2H3/t7-;/m0./s1. The fraction of sp³-hybridized carbons (Fsp3) is 1.00. The van der Waals surface area contributed by atoms with Gasteiger partial charge in [0.2, 0.25) is 0 Å². The molecule has 0 heterocycles. The van der Waals surface area contributed by atoms with Gasteiger partial charge in [0.05, 0.1) is 6.61 Å². The maximum absolute atomic E-state index is 8.71. The maximum atomic E-state index is 8.71. The van der Waals surface area contributed by atoms with Crippen LogP contribution in [0.15, 0.2) is 0 Å². The lowest BCUT2D eigenvalue weighted by molar-refractivity contribution is 0.231. The third kappa shape index (κ3) is 9.92. The zero-order chi connectivity index (χ0) is 9.28. The minimum absolute atomic E-state index is 0.245. The van der Waals surface area contributed by atoms with Crippen molar-refractivity contribution in [2.45, 2.75) is 40.2 Å². The van der Waals surface area contributed by atoms with Gasteiger partial charge in [-0.1, -0.05) is 27.7 Å². The van der Waals surface area contributed by atoms with Crippen molar-refractivity contribution in [1.82, 2.24) is 5.32 Å². The Morgan fingerprint density at radius 2 is 1.73 bits per heavy atom. The summed E-state index contributed by atoms with van der Waals surface area (Å²) in [6, 6.07) is 0.282. The SMILES string of the molecule is CC.CN[C@H](CO)CC(C)C. The van der Waals surface area contributed by atoms with Gasteiger partial charge < -0.3 is 10.4 Å². The van der Waals surface area contributed by atoms with Crippen LogP contribution >= 0.6 is 0 Å². The average Bonchev–Trinajstić information content (AvgIpc) is 2.03. The quantitative estimate of drug-likeness (QED) is 0.657. The van der Waals surface area contributed by atoms with E-state index >= 15 is 0 Å². The molecule has 0 fully saturated rings. The number of aliphatic hydroxyl groups excluding tert-OH is 1. The summed E-state index contributed by atoms with van der Waals surface area (Å²) in [4.78, 5) is 0. The topological polar surface area (TPSA) is 32.3 Å². The minimum Gasteiger partial charge on any atom is -0.395 e. The predicted molar refractivity (Wildman–Crippen MR) is 50.7 cm³/mol. The van der Waals surface area contributed by atoms with E-state index in [0.717, 1.165) is 6.42 Å². The molecule has 11 heavy (non-hydrogen) atoms. The van der Waals surface area contributed by atoms with E-state index in [-0.39, 0.29) is 12.6 Å². The van der Waals surface area contributed by atoms with Gasteiger partial charge in [-0.2, -0.15) is 0 Å². The highest BCUT2D eigenvalue weighted by Crippen LogP contribution is 2.02. The summed E-state index contributed by atoms with van der Waals surface area (Å²) in [6.07, 6.45) is 1.05. The first kappa shape index (κ1) is 13.5. The molecule has 0 saturated heterocycles. The highest BCUT2D eigenvalue weighted by atomic mass is 16.3. The van der Waals surface area contributed by atoms with Crippen LogP contribution in [-0.4, -0.2) is 24.8 Å². The van der Waals surface area contributed by atoms with E-state index in [2.05, 4.69) is 19.2 Å². The molecule has 0 saturated carbocycles. The van der Waals surface area contributed by atoms with E-state index in [1.807, 2.05) is 20.9 Å². The van der Waals surface area contributed by atoms with Crippen molar-refractivity contribution in [2.24, 2.45) is 5.92 Å². The lowest BCUT2D eigenvalue weighted by atomic mass is 10.1. The molecule has 2 nitrogen and oxygen atoms in total. The Balaban J connectivity index is 0. The first-order valence-electron chi connectivity index (χ1n) is 4.48. The van der Waals surface area contributed by atoms with E-state index in [1.54, 1.807) is 0 Å². The van der Waals surface area contributed by atoms with Gasteiger partial charge in [0.1, 0.15) is 0 Å². The Kier molecular flexibility index (Phi) is 12.2. The molecule has 0 aromatic heterocycles. The van der Waals surface area contributed by atoms with E-state index in [4.69, 9.17) is 5.11 Å². The van der Waals surface area contributed by atoms with Crippen LogP contribution < -0.4 is 5.32 Å². The summed E-state index contributed by atoms with van der Waals surface area (Å²) in [7, 11) is 1.88. The van der Waals surface area contributed by atoms with E-state index in [9.17, 15) is 0 Å². The van der Waals surface area contributed by atoms with Crippen LogP contribution in [-0.2, 0) is 0 Å². The lowest BCUT2D eigenvalue weighted by Gasteiger charge is -2.14. The Morgan fingerprint density at radius 1 is 1.27 bits per heavy atom. The van der Waals surface area contributed by atoms with Crippen molar-refractivity contribution in [1.29, 1.82) is 0 Å². The molecule has 0 radical (unpaired) electrons. The van der Waals surface area contributed by atoms with Crippen LogP contribution in [0.5, 0.6) is 0 Å². The third-order valence-electron chi connectivity index (χ3n) is 1.38. The first-order chi connectivity index (χ1) is 5.20. The van der Waals surface area contributed by atoms with Crippen LogP contribution in [0.4, 0.5) is 0 Å². The van der Waals surface area contributed by atoms with Crippen LogP contribution in [0.2, 0.25) is 0 Å². The number of aliphatic hydroxyl groups is 1. The molecule has 70 valence electrons. The molecule has 0 spiro atoms. The van der Waals surface area contributed by atoms with Crippen molar-refractivity contribution in [3.8, 4) is 0 Å². The normalized spacial score (nSPS) is 12.3. The predicted octanol–water partition coefficient (Wildman–Crippen LogP) is 1.64. The maximum Gasteiger partial charge on any atom is 0.0584 e. The molecule has 1 atom stereocenters. The summed E-state index contributed by atoms with van der Waals surface area (Å²) in [6.45, 7) is 8.55. The molecule has 0 bridgehead atoms. The van der Waals surface area contributed by atoms with E-state index in [1.165, 1.54) is 0 Å². The summed E-state index contributed by atoms with van der Waals surface area (Å²) in [5, 5.41) is 11.7. The molecule has 0 amide bonds. The Labute approximate surface area is 71.0 Å². The Hall–Kier alpha value is -0.0800. The van der Waals surface area contributed by atoms with Crippen LogP contribution in [0.1, 0.15) is 34.1 Å². The monoisotopic (exact) mass is 161 g/mol. The first-order valence-corrected chi connectivity index (χ1v) is 4.48. The lowest BCUT2D eigenvalue weighted by Crippen LogP contribution is -2.30. The Morgan fingerprint density at radius 3 is 1.82 bits per heavy atom. The molecule has 2 N–H and O–H groups in total. The number of rotatable bonds is 4. The molecule has 0 aliphatic carbocycles. The van der Waals surface area contributed by atoms with Gasteiger partial charge in [-0.25, -0.2) is 0 Å². The van der Waals surface area contributed by atoms with Crippen LogP contribution in [0.3, 0.4) is 0 Å².